The molecule has 0 saturated carbocycles. The Morgan fingerprint density at radius 2 is 1.92 bits per heavy atom. The van der Waals surface area contributed by atoms with Gasteiger partial charge in [-0.25, -0.2) is 4.79 Å². The van der Waals surface area contributed by atoms with E-state index >= 15 is 0 Å². The summed E-state index contributed by atoms with van der Waals surface area (Å²) < 4.78 is 5.23. The molecule has 0 radical (unpaired) electrons. The summed E-state index contributed by atoms with van der Waals surface area (Å²) in [5.41, 5.74) is 1.68. The van der Waals surface area contributed by atoms with Crippen LogP contribution in [0.4, 0.5) is 5.00 Å². The summed E-state index contributed by atoms with van der Waals surface area (Å²) >= 11 is 1.55. The van der Waals surface area contributed by atoms with Gasteiger partial charge in [-0.3, -0.25) is 4.79 Å². The van der Waals surface area contributed by atoms with Crippen LogP contribution in [-0.2, 0) is 22.4 Å². The van der Waals surface area contributed by atoms with Gasteiger partial charge in [0.05, 0.1) is 25.3 Å². The van der Waals surface area contributed by atoms with Gasteiger partial charge >= 0.3 is 5.97 Å². The molecule has 26 heavy (non-hydrogen) atoms. The first kappa shape index (κ1) is 20.9. The van der Waals surface area contributed by atoms with E-state index in [2.05, 4.69) is 19.2 Å². The number of esters is 1. The maximum Gasteiger partial charge on any atom is 0.341 e. The van der Waals surface area contributed by atoms with Gasteiger partial charge in [-0.05, 0) is 52.0 Å². The molecule has 0 fully saturated rings. The van der Waals surface area contributed by atoms with E-state index in [1.807, 2.05) is 12.2 Å². The first-order chi connectivity index (χ1) is 12.6. The van der Waals surface area contributed by atoms with E-state index in [-0.39, 0.29) is 11.9 Å². The smallest absolute Gasteiger partial charge is 0.341 e. The van der Waals surface area contributed by atoms with Crippen LogP contribution in [0.25, 0.3) is 0 Å². The second-order valence-corrected chi connectivity index (χ2v) is 7.78. The van der Waals surface area contributed by atoms with Crippen LogP contribution in [0.2, 0.25) is 0 Å². The van der Waals surface area contributed by atoms with Gasteiger partial charge in [-0.15, -0.1) is 11.3 Å². The Morgan fingerprint density at radius 3 is 2.62 bits per heavy atom. The topological polar surface area (TPSA) is 76.4 Å². The molecule has 1 aromatic rings. The number of likely N-dealkylation sites (N-methyl/N-ethyl adjacent to an activating group) is 1. The van der Waals surface area contributed by atoms with Gasteiger partial charge in [0.1, 0.15) is 18.1 Å². The van der Waals surface area contributed by atoms with Gasteiger partial charge in [-0.1, -0.05) is 0 Å². The minimum atomic E-state index is -0.309. The van der Waals surface area contributed by atoms with Crippen LogP contribution in [0.3, 0.4) is 0 Å². The number of amides is 1. The standard InChI is InChI=1S/C19H31N3O3S/c1-4-22(5-2)12-11-20-13-16(23)21-18-17(19(24)25-6-3)14-9-7-8-10-15(14)26-18/h20H,4-13H2,1-3H3,(H,21,23)/p+2. The molecule has 7 heteroatoms. The van der Waals surface area contributed by atoms with Crippen molar-refractivity contribution in [3.05, 3.63) is 16.0 Å². The number of quaternary nitrogens is 2. The average Bonchev–Trinajstić information content (AvgIpc) is 2.99. The fourth-order valence-corrected chi connectivity index (χ4v) is 4.69. The highest BCUT2D eigenvalue weighted by Gasteiger charge is 2.27. The molecule has 146 valence electrons. The molecule has 0 aliphatic heterocycles. The molecular weight excluding hydrogens is 350 g/mol. The maximum atomic E-state index is 12.4. The zero-order chi connectivity index (χ0) is 18.9. The number of thiophene rings is 1. The van der Waals surface area contributed by atoms with E-state index in [4.69, 9.17) is 4.74 Å². The number of aryl methyl sites for hydroxylation is 1. The SMILES string of the molecule is CCOC(=O)c1c(NC(=O)C[NH2+]CC[NH+](CC)CC)sc2c1CCCC2. The monoisotopic (exact) mass is 383 g/mol. The van der Waals surface area contributed by atoms with Crippen LogP contribution in [-0.4, -0.2) is 51.2 Å². The average molecular weight is 384 g/mol. The molecule has 0 atom stereocenters. The molecule has 2 rings (SSSR count). The van der Waals surface area contributed by atoms with Crippen molar-refractivity contribution in [1.29, 1.82) is 0 Å². The van der Waals surface area contributed by atoms with Crippen LogP contribution in [0.15, 0.2) is 0 Å². The second-order valence-electron chi connectivity index (χ2n) is 6.67. The lowest BCUT2D eigenvalue weighted by Gasteiger charge is -2.14. The summed E-state index contributed by atoms with van der Waals surface area (Å²) in [5.74, 6) is -0.361. The Hall–Kier alpha value is -1.44. The lowest BCUT2D eigenvalue weighted by molar-refractivity contribution is -0.908. The number of rotatable bonds is 10. The normalized spacial score (nSPS) is 13.5. The molecule has 4 N–H and O–H groups in total. The minimum Gasteiger partial charge on any atom is -0.462 e. The third-order valence-electron chi connectivity index (χ3n) is 4.94. The van der Waals surface area contributed by atoms with Crippen molar-refractivity contribution in [2.45, 2.75) is 46.5 Å². The molecule has 1 heterocycles. The van der Waals surface area contributed by atoms with Gasteiger partial charge in [0.2, 0.25) is 0 Å². The highest BCUT2D eigenvalue weighted by atomic mass is 32.1. The number of carbonyl (C=O) groups is 2. The van der Waals surface area contributed by atoms with Crippen LogP contribution in [0, 0.1) is 0 Å². The van der Waals surface area contributed by atoms with Crippen LogP contribution in [0.1, 0.15) is 54.4 Å². The Labute approximate surface area is 160 Å². The van der Waals surface area contributed by atoms with Gasteiger partial charge in [0, 0.05) is 4.88 Å². The molecule has 1 aliphatic rings. The first-order valence-electron chi connectivity index (χ1n) is 9.87. The fourth-order valence-electron chi connectivity index (χ4n) is 3.39. The number of anilines is 1. The molecule has 0 saturated heterocycles. The fraction of sp³-hybridized carbons (Fsp3) is 0.684. The Balaban J connectivity index is 1.96. The highest BCUT2D eigenvalue weighted by Crippen LogP contribution is 2.38. The van der Waals surface area contributed by atoms with Crippen molar-refractivity contribution in [3.63, 3.8) is 0 Å². The molecule has 0 bridgehead atoms. The number of nitrogens with two attached hydrogens (primary N) is 1. The Morgan fingerprint density at radius 1 is 1.19 bits per heavy atom. The Kier molecular flexibility index (Phi) is 8.54. The summed E-state index contributed by atoms with van der Waals surface area (Å²) in [6, 6.07) is 0. The molecule has 1 aromatic heterocycles. The van der Waals surface area contributed by atoms with Gasteiger partial charge < -0.3 is 20.3 Å². The van der Waals surface area contributed by atoms with E-state index in [9.17, 15) is 9.59 Å². The van der Waals surface area contributed by atoms with E-state index in [1.165, 1.54) is 9.78 Å². The van der Waals surface area contributed by atoms with E-state index in [0.29, 0.717) is 23.7 Å². The summed E-state index contributed by atoms with van der Waals surface area (Å²) in [6.45, 7) is 11.1. The second kappa shape index (κ2) is 10.6. The van der Waals surface area contributed by atoms with Crippen molar-refractivity contribution in [2.75, 3.05) is 44.6 Å². The van der Waals surface area contributed by atoms with Crippen molar-refractivity contribution in [2.24, 2.45) is 0 Å². The molecule has 0 spiro atoms. The van der Waals surface area contributed by atoms with Crippen LogP contribution in [0.5, 0.6) is 0 Å². The van der Waals surface area contributed by atoms with E-state index < -0.39 is 0 Å². The van der Waals surface area contributed by atoms with Crippen LogP contribution < -0.4 is 15.5 Å². The van der Waals surface area contributed by atoms with E-state index in [1.54, 1.807) is 11.3 Å². The maximum absolute atomic E-state index is 12.4. The molecule has 0 aromatic carbocycles. The third-order valence-corrected chi connectivity index (χ3v) is 6.14. The zero-order valence-electron chi connectivity index (χ0n) is 16.3. The number of hydrogen-bond acceptors (Lipinski definition) is 4. The van der Waals surface area contributed by atoms with E-state index in [0.717, 1.165) is 57.4 Å². The molecular formula is C19H33N3O3S+2. The summed E-state index contributed by atoms with van der Waals surface area (Å²) in [6.07, 6.45) is 4.12. The molecule has 0 unspecified atom stereocenters. The molecule has 6 nitrogen and oxygen atoms in total. The summed E-state index contributed by atoms with van der Waals surface area (Å²) in [7, 11) is 0. The largest absolute Gasteiger partial charge is 0.462 e. The lowest BCUT2D eigenvalue weighted by Crippen LogP contribution is -3.14. The van der Waals surface area contributed by atoms with Gasteiger partial charge in [0.15, 0.2) is 6.54 Å². The number of ether oxygens (including phenoxy) is 1. The zero-order valence-corrected chi connectivity index (χ0v) is 17.1. The van der Waals surface area contributed by atoms with Gasteiger partial charge in [-0.2, -0.15) is 0 Å². The number of carbonyl (C=O) groups excluding carboxylic acids is 2. The van der Waals surface area contributed by atoms with Crippen molar-refractivity contribution >= 4 is 28.2 Å². The number of fused-ring (bicyclic) bond motifs is 1. The first-order valence-corrected chi connectivity index (χ1v) is 10.7. The number of nitrogens with one attached hydrogen (secondary N) is 2. The predicted molar refractivity (Wildman–Crippen MR) is 104 cm³/mol. The van der Waals surface area contributed by atoms with Crippen molar-refractivity contribution < 1.29 is 24.5 Å². The minimum absolute atomic E-state index is 0.0521. The lowest BCUT2D eigenvalue weighted by atomic mass is 9.95. The van der Waals surface area contributed by atoms with Crippen molar-refractivity contribution in [3.8, 4) is 0 Å². The number of hydrogen-bond donors (Lipinski definition) is 3. The highest BCUT2D eigenvalue weighted by molar-refractivity contribution is 7.17. The summed E-state index contributed by atoms with van der Waals surface area (Å²) in [4.78, 5) is 27.5. The quantitative estimate of drug-likeness (QED) is 0.400. The van der Waals surface area contributed by atoms with Crippen LogP contribution >= 0.6 is 11.3 Å². The van der Waals surface area contributed by atoms with Crippen molar-refractivity contribution in [1.82, 2.24) is 0 Å². The summed E-state index contributed by atoms with van der Waals surface area (Å²) in [5, 5.41) is 5.67. The third kappa shape index (κ3) is 5.53. The predicted octanol–water partition coefficient (Wildman–Crippen LogP) is 0.230. The molecule has 1 aliphatic carbocycles. The van der Waals surface area contributed by atoms with Gasteiger partial charge in [0.25, 0.3) is 5.91 Å². The Bertz CT molecular complexity index is 611. The molecule has 1 amide bonds.